The molecule has 0 atom stereocenters. The van der Waals surface area contributed by atoms with Crippen molar-refractivity contribution in [3.8, 4) is 11.1 Å². The number of nitrogens with one attached hydrogen (secondary N) is 2. The van der Waals surface area contributed by atoms with Crippen LogP contribution >= 0.6 is 35.2 Å². The molecule has 0 saturated carbocycles. The van der Waals surface area contributed by atoms with E-state index >= 15 is 0 Å². The number of carbonyl (C=O) groups excluding carboxylic acids is 1. The Bertz CT molecular complexity index is 1130. The van der Waals surface area contributed by atoms with Gasteiger partial charge in [-0.2, -0.15) is 0 Å². The molecule has 1 heterocycles. The normalized spacial score (nSPS) is 10.4. The quantitative estimate of drug-likeness (QED) is 0.212. The van der Waals surface area contributed by atoms with Crippen molar-refractivity contribution in [3.63, 3.8) is 0 Å². The summed E-state index contributed by atoms with van der Waals surface area (Å²) in [7, 11) is 1.32. The minimum absolute atomic E-state index is 0.126. The number of halogens is 1. The van der Waals surface area contributed by atoms with Crippen molar-refractivity contribution in [2.45, 2.75) is 6.92 Å². The smallest absolute Gasteiger partial charge is 0.341 e. The molecule has 0 aliphatic carbocycles. The second kappa shape index (κ2) is 9.21. The summed E-state index contributed by atoms with van der Waals surface area (Å²) >= 11 is 12.8. The summed E-state index contributed by atoms with van der Waals surface area (Å²) in [6.07, 6.45) is 0. The lowest BCUT2D eigenvalue weighted by Gasteiger charge is -2.12. The molecule has 0 fully saturated rings. The first kappa shape index (κ1) is 21.7. The number of nitrogens with zero attached hydrogens (tertiary/aromatic N) is 1. The Morgan fingerprint density at radius 3 is 2.50 bits per heavy atom. The van der Waals surface area contributed by atoms with E-state index in [-0.39, 0.29) is 15.8 Å². The number of thiophene rings is 1. The fourth-order valence-corrected chi connectivity index (χ4v) is 4.42. The van der Waals surface area contributed by atoms with E-state index in [9.17, 15) is 14.9 Å². The highest BCUT2D eigenvalue weighted by Gasteiger charge is 2.24. The third-order valence-corrected chi connectivity index (χ3v) is 5.71. The van der Waals surface area contributed by atoms with Gasteiger partial charge < -0.3 is 15.4 Å². The highest BCUT2D eigenvalue weighted by atomic mass is 35.5. The van der Waals surface area contributed by atoms with Gasteiger partial charge in [-0.25, -0.2) is 4.79 Å². The zero-order chi connectivity index (χ0) is 21.8. The van der Waals surface area contributed by atoms with Gasteiger partial charge in [-0.05, 0) is 30.8 Å². The van der Waals surface area contributed by atoms with Crippen molar-refractivity contribution >= 4 is 62.6 Å². The average Bonchev–Trinajstić information content (AvgIpc) is 3.04. The summed E-state index contributed by atoms with van der Waals surface area (Å²) in [5, 5.41) is 17.6. The fraction of sp³-hybridized carbons (Fsp3) is 0.100. The van der Waals surface area contributed by atoms with Crippen LogP contribution in [0.4, 0.5) is 16.4 Å². The van der Waals surface area contributed by atoms with Gasteiger partial charge in [0.15, 0.2) is 5.11 Å². The second-order valence-corrected chi connectivity index (χ2v) is 8.14. The molecule has 3 rings (SSSR count). The maximum absolute atomic E-state index is 12.5. The Labute approximate surface area is 186 Å². The largest absolute Gasteiger partial charge is 0.465 e. The highest BCUT2D eigenvalue weighted by molar-refractivity contribution is 7.80. The Kier molecular flexibility index (Phi) is 6.66. The van der Waals surface area contributed by atoms with Crippen LogP contribution in [0.15, 0.2) is 48.5 Å². The molecule has 30 heavy (non-hydrogen) atoms. The van der Waals surface area contributed by atoms with Crippen molar-refractivity contribution in [1.82, 2.24) is 0 Å². The van der Waals surface area contributed by atoms with Gasteiger partial charge in [-0.15, -0.1) is 11.3 Å². The van der Waals surface area contributed by atoms with E-state index < -0.39 is 10.9 Å². The van der Waals surface area contributed by atoms with Crippen molar-refractivity contribution < 1.29 is 14.5 Å². The van der Waals surface area contributed by atoms with Crippen LogP contribution < -0.4 is 10.6 Å². The third-order valence-electron chi connectivity index (χ3n) is 4.18. The summed E-state index contributed by atoms with van der Waals surface area (Å²) in [5.41, 5.74) is 2.31. The lowest BCUT2D eigenvalue weighted by atomic mass is 10.0. The number of thiocarbonyl (C=S) groups is 1. The predicted octanol–water partition coefficient (Wildman–Crippen LogP) is 5.88. The number of nitro groups is 1. The Balaban J connectivity index is 1.90. The summed E-state index contributed by atoms with van der Waals surface area (Å²) < 4.78 is 4.99. The predicted molar refractivity (Wildman–Crippen MR) is 124 cm³/mol. The molecule has 2 N–H and O–H groups in total. The maximum atomic E-state index is 12.5. The summed E-state index contributed by atoms with van der Waals surface area (Å²) in [6.45, 7) is 1.91. The van der Waals surface area contributed by atoms with Gasteiger partial charge in [-0.1, -0.05) is 41.9 Å². The van der Waals surface area contributed by atoms with Gasteiger partial charge in [0.1, 0.15) is 10.6 Å². The number of hydrogen-bond donors (Lipinski definition) is 2. The number of carbonyl (C=O) groups is 1. The van der Waals surface area contributed by atoms with Crippen LogP contribution in [-0.2, 0) is 4.74 Å². The zero-order valence-corrected chi connectivity index (χ0v) is 18.3. The van der Waals surface area contributed by atoms with E-state index in [1.807, 2.05) is 37.3 Å². The lowest BCUT2D eigenvalue weighted by molar-refractivity contribution is -0.384. The number of rotatable bonds is 5. The molecular weight excluding hydrogens is 446 g/mol. The molecule has 2 aromatic carbocycles. The molecule has 0 unspecified atom stereocenters. The first-order chi connectivity index (χ1) is 14.3. The minimum Gasteiger partial charge on any atom is -0.465 e. The van der Waals surface area contributed by atoms with Crippen LogP contribution in [0, 0.1) is 17.0 Å². The standard InChI is InChI=1S/C20H16ClN3O4S2/c1-11-16(12-6-4-3-5-7-12)17(19(25)28-2)18(30-11)23-20(29)22-15-9-8-13(24(26)27)10-14(15)21/h3-10H,1-2H3,(H2,22,23,29). The van der Waals surface area contributed by atoms with Crippen molar-refractivity contribution in [2.75, 3.05) is 17.7 Å². The van der Waals surface area contributed by atoms with Crippen molar-refractivity contribution in [2.24, 2.45) is 0 Å². The zero-order valence-electron chi connectivity index (χ0n) is 15.9. The van der Waals surface area contributed by atoms with Crippen molar-refractivity contribution in [3.05, 3.63) is 74.1 Å². The Morgan fingerprint density at radius 2 is 1.90 bits per heavy atom. The Hall–Kier alpha value is -3.01. The molecule has 0 aliphatic heterocycles. The summed E-state index contributed by atoms with van der Waals surface area (Å²) in [4.78, 5) is 23.8. The molecule has 0 saturated heterocycles. The van der Waals surface area contributed by atoms with E-state index in [2.05, 4.69) is 10.6 Å². The van der Waals surface area contributed by atoms with E-state index in [0.717, 1.165) is 16.0 Å². The molecule has 10 heteroatoms. The van der Waals surface area contributed by atoms with Gasteiger partial charge in [-0.3, -0.25) is 10.1 Å². The molecule has 154 valence electrons. The van der Waals surface area contributed by atoms with Crippen molar-refractivity contribution in [1.29, 1.82) is 0 Å². The van der Waals surface area contributed by atoms with E-state index in [1.165, 1.54) is 36.6 Å². The SMILES string of the molecule is COC(=O)c1c(NC(=S)Nc2ccc([N+](=O)[O-])cc2Cl)sc(C)c1-c1ccccc1. The number of non-ortho nitro benzene ring substituents is 1. The number of nitro benzene ring substituents is 1. The second-order valence-electron chi connectivity index (χ2n) is 6.10. The van der Waals surface area contributed by atoms with E-state index in [1.54, 1.807) is 0 Å². The Morgan fingerprint density at radius 1 is 1.20 bits per heavy atom. The number of hydrogen-bond acceptors (Lipinski definition) is 6. The lowest BCUT2D eigenvalue weighted by Crippen LogP contribution is -2.20. The summed E-state index contributed by atoms with van der Waals surface area (Å²) in [6, 6.07) is 13.5. The first-order valence-corrected chi connectivity index (χ1v) is 10.2. The van der Waals surface area contributed by atoms with Gasteiger partial charge in [0.05, 0.1) is 22.7 Å². The third kappa shape index (κ3) is 4.59. The maximum Gasteiger partial charge on any atom is 0.341 e. The fourth-order valence-electron chi connectivity index (χ4n) is 2.86. The van der Waals surface area contributed by atoms with Crippen LogP contribution in [-0.4, -0.2) is 23.1 Å². The highest BCUT2D eigenvalue weighted by Crippen LogP contribution is 2.40. The molecule has 0 amide bonds. The van der Waals surface area contributed by atoms with Gasteiger partial charge >= 0.3 is 5.97 Å². The molecule has 0 bridgehead atoms. The minimum atomic E-state index is -0.533. The molecule has 0 aliphatic rings. The number of benzene rings is 2. The van der Waals surface area contributed by atoms with E-state index in [0.29, 0.717) is 16.3 Å². The molecule has 7 nitrogen and oxygen atoms in total. The van der Waals surface area contributed by atoms with Gasteiger partial charge in [0, 0.05) is 22.6 Å². The molecule has 0 radical (unpaired) electrons. The molecule has 0 spiro atoms. The van der Waals surface area contributed by atoms with Crippen LogP contribution in [0.1, 0.15) is 15.2 Å². The average molecular weight is 462 g/mol. The molecular formula is C20H16ClN3O4S2. The number of esters is 1. The first-order valence-electron chi connectivity index (χ1n) is 8.61. The number of anilines is 2. The topological polar surface area (TPSA) is 93.5 Å². The monoisotopic (exact) mass is 461 g/mol. The number of ether oxygens (including phenoxy) is 1. The molecule has 3 aromatic rings. The molecule has 1 aromatic heterocycles. The van der Waals surface area contributed by atoms with Crippen LogP contribution in [0.5, 0.6) is 0 Å². The van der Waals surface area contributed by atoms with Crippen LogP contribution in [0.25, 0.3) is 11.1 Å². The summed E-state index contributed by atoms with van der Waals surface area (Å²) in [5.74, 6) is -0.489. The van der Waals surface area contributed by atoms with E-state index in [4.69, 9.17) is 28.6 Å². The number of aryl methyl sites for hydroxylation is 1. The van der Waals surface area contributed by atoms with Gasteiger partial charge in [0.2, 0.25) is 0 Å². The van der Waals surface area contributed by atoms with Gasteiger partial charge in [0.25, 0.3) is 5.69 Å². The number of methoxy groups -OCH3 is 1. The van der Waals surface area contributed by atoms with Crippen LogP contribution in [0.3, 0.4) is 0 Å². The van der Waals surface area contributed by atoms with Crippen LogP contribution in [0.2, 0.25) is 5.02 Å².